The Labute approximate surface area is 217 Å². The van der Waals surface area contributed by atoms with Gasteiger partial charge in [-0.3, -0.25) is 9.59 Å². The second-order valence-corrected chi connectivity index (χ2v) is 8.85. The normalized spacial score (nSPS) is 11.1. The molecule has 0 spiro atoms. The molecule has 0 saturated carbocycles. The Balaban J connectivity index is 1.69. The molecule has 4 rings (SSSR count). The number of hydroxylamine groups is 2. The summed E-state index contributed by atoms with van der Waals surface area (Å²) in [5.41, 5.74) is 7.68. The predicted molar refractivity (Wildman–Crippen MR) is 141 cm³/mol. The van der Waals surface area contributed by atoms with Crippen LogP contribution in [0.3, 0.4) is 0 Å². The standard InChI is InChI=1S/C31H30N2O4/c32-29(34)31(21-25-13-5-1-6-14-25,22-26-15-7-2-8-16-26)30(35)33(36-23-27-17-9-3-10-18-27)37-24-28-19-11-4-12-20-28/h1-20H,21-24H2,(H2,32,34). The Morgan fingerprint density at radius 1 is 0.568 bits per heavy atom. The molecule has 6 heteroatoms. The van der Waals surface area contributed by atoms with Gasteiger partial charge < -0.3 is 5.73 Å². The van der Waals surface area contributed by atoms with Gasteiger partial charge >= 0.3 is 0 Å². The summed E-state index contributed by atoms with van der Waals surface area (Å²) in [6, 6.07) is 37.6. The van der Waals surface area contributed by atoms with Crippen molar-refractivity contribution in [3.8, 4) is 0 Å². The van der Waals surface area contributed by atoms with Gasteiger partial charge in [-0.05, 0) is 35.1 Å². The first-order chi connectivity index (χ1) is 18.1. The van der Waals surface area contributed by atoms with Crippen LogP contribution in [0.1, 0.15) is 22.3 Å². The Bertz CT molecular complexity index is 1180. The minimum absolute atomic E-state index is 0.0763. The smallest absolute Gasteiger partial charge is 0.289 e. The van der Waals surface area contributed by atoms with Gasteiger partial charge in [-0.1, -0.05) is 127 Å². The largest absolute Gasteiger partial charge is 0.369 e. The number of hydrogen-bond acceptors (Lipinski definition) is 4. The SMILES string of the molecule is NC(=O)C(Cc1ccccc1)(Cc1ccccc1)C(=O)N(OCc1ccccc1)OCc1ccccc1. The zero-order chi connectivity index (χ0) is 25.9. The fourth-order valence-corrected chi connectivity index (χ4v) is 4.13. The van der Waals surface area contributed by atoms with Crippen molar-refractivity contribution in [2.75, 3.05) is 0 Å². The Morgan fingerprint density at radius 2 is 0.892 bits per heavy atom. The lowest BCUT2D eigenvalue weighted by atomic mass is 9.75. The van der Waals surface area contributed by atoms with Gasteiger partial charge in [0, 0.05) is 0 Å². The summed E-state index contributed by atoms with van der Waals surface area (Å²) in [6.07, 6.45) is 0.188. The zero-order valence-electron chi connectivity index (χ0n) is 20.5. The third-order valence-electron chi connectivity index (χ3n) is 6.13. The van der Waals surface area contributed by atoms with Crippen LogP contribution in [-0.4, -0.2) is 17.0 Å². The number of amides is 2. The molecule has 0 radical (unpaired) electrons. The number of hydrogen-bond donors (Lipinski definition) is 1. The molecule has 0 aliphatic heterocycles. The summed E-state index contributed by atoms with van der Waals surface area (Å²) in [4.78, 5) is 39.2. The highest BCUT2D eigenvalue weighted by Gasteiger charge is 2.48. The summed E-state index contributed by atoms with van der Waals surface area (Å²) in [5, 5.41) is 0.844. The van der Waals surface area contributed by atoms with Gasteiger partial charge in [0.25, 0.3) is 5.91 Å². The van der Waals surface area contributed by atoms with Crippen molar-refractivity contribution in [1.82, 2.24) is 5.23 Å². The van der Waals surface area contributed by atoms with Crippen LogP contribution in [-0.2, 0) is 45.3 Å². The third kappa shape index (κ3) is 6.91. The molecule has 6 nitrogen and oxygen atoms in total. The maximum absolute atomic E-state index is 14.2. The summed E-state index contributed by atoms with van der Waals surface area (Å²) in [7, 11) is 0. The van der Waals surface area contributed by atoms with Gasteiger partial charge in [-0.2, -0.15) is 0 Å². The number of nitrogens with zero attached hydrogens (tertiary/aromatic N) is 1. The third-order valence-corrected chi connectivity index (χ3v) is 6.13. The number of carbonyl (C=O) groups excluding carboxylic acids is 2. The maximum Gasteiger partial charge on any atom is 0.289 e. The van der Waals surface area contributed by atoms with E-state index in [2.05, 4.69) is 0 Å². The minimum atomic E-state index is -1.64. The lowest BCUT2D eigenvalue weighted by Crippen LogP contribution is -2.53. The first-order valence-corrected chi connectivity index (χ1v) is 12.1. The maximum atomic E-state index is 14.2. The summed E-state index contributed by atoms with van der Waals surface area (Å²) >= 11 is 0. The van der Waals surface area contributed by atoms with Crippen LogP contribution < -0.4 is 5.73 Å². The fraction of sp³-hybridized carbons (Fsp3) is 0.161. The van der Waals surface area contributed by atoms with E-state index in [1.54, 1.807) is 0 Å². The lowest BCUT2D eigenvalue weighted by molar-refractivity contribution is -0.357. The van der Waals surface area contributed by atoms with E-state index in [1.807, 2.05) is 121 Å². The van der Waals surface area contributed by atoms with E-state index in [1.165, 1.54) is 0 Å². The number of primary amides is 1. The summed E-state index contributed by atoms with van der Waals surface area (Å²) in [6.45, 7) is 0.153. The number of carbonyl (C=O) groups is 2. The van der Waals surface area contributed by atoms with E-state index in [0.29, 0.717) is 0 Å². The van der Waals surface area contributed by atoms with Crippen molar-refractivity contribution < 1.29 is 19.3 Å². The molecule has 0 saturated heterocycles. The average molecular weight is 495 g/mol. The highest BCUT2D eigenvalue weighted by atomic mass is 17.0. The highest BCUT2D eigenvalue weighted by Crippen LogP contribution is 2.32. The zero-order valence-corrected chi connectivity index (χ0v) is 20.5. The fourth-order valence-electron chi connectivity index (χ4n) is 4.13. The molecule has 0 unspecified atom stereocenters. The lowest BCUT2D eigenvalue weighted by Gasteiger charge is -2.33. The Kier molecular flexibility index (Phi) is 8.81. The van der Waals surface area contributed by atoms with Crippen molar-refractivity contribution >= 4 is 11.8 Å². The number of rotatable bonds is 12. The van der Waals surface area contributed by atoms with Crippen molar-refractivity contribution in [2.24, 2.45) is 11.1 Å². The second-order valence-electron chi connectivity index (χ2n) is 8.85. The second kappa shape index (κ2) is 12.6. The number of benzene rings is 4. The van der Waals surface area contributed by atoms with Crippen LogP contribution in [0.25, 0.3) is 0 Å². The molecule has 0 atom stereocenters. The topological polar surface area (TPSA) is 81.9 Å². The molecular formula is C31H30N2O4. The van der Waals surface area contributed by atoms with E-state index in [4.69, 9.17) is 15.4 Å². The van der Waals surface area contributed by atoms with E-state index in [9.17, 15) is 9.59 Å². The van der Waals surface area contributed by atoms with Crippen molar-refractivity contribution in [3.05, 3.63) is 144 Å². The molecule has 0 bridgehead atoms. The van der Waals surface area contributed by atoms with Crippen LogP contribution in [0.5, 0.6) is 0 Å². The van der Waals surface area contributed by atoms with Gasteiger partial charge in [-0.25, -0.2) is 9.68 Å². The molecule has 0 aromatic heterocycles. The highest BCUT2D eigenvalue weighted by molar-refractivity contribution is 6.04. The van der Waals surface area contributed by atoms with Crippen LogP contribution in [0.4, 0.5) is 0 Å². The minimum Gasteiger partial charge on any atom is -0.369 e. The first-order valence-electron chi connectivity index (χ1n) is 12.1. The van der Waals surface area contributed by atoms with Crippen LogP contribution >= 0.6 is 0 Å². The van der Waals surface area contributed by atoms with E-state index < -0.39 is 17.2 Å². The molecular weight excluding hydrogens is 464 g/mol. The average Bonchev–Trinajstić information content (AvgIpc) is 2.94. The Hall–Kier alpha value is -4.26. The van der Waals surface area contributed by atoms with E-state index in [0.717, 1.165) is 27.5 Å². The molecule has 2 amide bonds. The van der Waals surface area contributed by atoms with Crippen molar-refractivity contribution in [1.29, 1.82) is 0 Å². The molecule has 0 aliphatic rings. The van der Waals surface area contributed by atoms with E-state index >= 15 is 0 Å². The van der Waals surface area contributed by atoms with Gasteiger partial charge in [-0.15, -0.1) is 0 Å². The molecule has 188 valence electrons. The van der Waals surface area contributed by atoms with E-state index in [-0.39, 0.29) is 26.1 Å². The van der Waals surface area contributed by atoms with Gasteiger partial charge in [0.2, 0.25) is 5.91 Å². The molecule has 2 N–H and O–H groups in total. The molecule has 4 aromatic carbocycles. The molecule has 37 heavy (non-hydrogen) atoms. The van der Waals surface area contributed by atoms with Gasteiger partial charge in [0.05, 0.1) is 0 Å². The monoisotopic (exact) mass is 494 g/mol. The predicted octanol–water partition coefficient (Wildman–Crippen LogP) is 5.04. The van der Waals surface area contributed by atoms with Gasteiger partial charge in [0.15, 0.2) is 0 Å². The van der Waals surface area contributed by atoms with Gasteiger partial charge in [0.1, 0.15) is 18.6 Å². The van der Waals surface area contributed by atoms with Crippen LogP contribution in [0, 0.1) is 5.41 Å². The molecule has 0 heterocycles. The van der Waals surface area contributed by atoms with Crippen molar-refractivity contribution in [3.63, 3.8) is 0 Å². The van der Waals surface area contributed by atoms with Crippen molar-refractivity contribution in [2.45, 2.75) is 26.1 Å². The molecule has 0 aliphatic carbocycles. The van der Waals surface area contributed by atoms with Crippen LogP contribution in [0.2, 0.25) is 0 Å². The molecule has 4 aromatic rings. The summed E-state index contributed by atoms with van der Waals surface area (Å²) < 4.78 is 0. The summed E-state index contributed by atoms with van der Waals surface area (Å²) in [5.74, 6) is -1.40. The molecule has 0 fully saturated rings. The Morgan fingerprint density at radius 3 is 1.22 bits per heavy atom. The number of nitrogens with two attached hydrogens (primary N) is 1. The quantitative estimate of drug-likeness (QED) is 0.221. The first kappa shape index (κ1) is 25.8. The van der Waals surface area contributed by atoms with Crippen LogP contribution in [0.15, 0.2) is 121 Å².